The Hall–Kier alpha value is -8.79. The fourth-order valence-electron chi connectivity index (χ4n) is 11.4. The van der Waals surface area contributed by atoms with Gasteiger partial charge in [-0.05, 0) is 200 Å². The zero-order valence-electron chi connectivity index (χ0n) is 52.7. The van der Waals surface area contributed by atoms with Gasteiger partial charge in [-0.2, -0.15) is 35.3 Å². The molecule has 6 aromatic carbocycles. The first-order valence-electron chi connectivity index (χ1n) is 30.0. The van der Waals surface area contributed by atoms with Gasteiger partial charge in [-0.1, -0.05) is 36.4 Å². The van der Waals surface area contributed by atoms with Crippen LogP contribution in [0.1, 0.15) is 75.6 Å². The SMILES string of the molecule is COc1ccc2[nH]c(C)c(CC(=O)N[C@@H](CCSC)C(=O)Nc3ccc(C(c4ccc(NC(=O)[C@H](CCSC)NC(=O)Cc5c(C)[nH]c6ccc(OC)cc56)cc4)c4ccc(NC(=O)[C@H](CCSC)NC(=O)Cc5c(C)[nH]c6ccc(OC)cc56)cc4)cc3)c2c1. The lowest BCUT2D eigenvalue weighted by Gasteiger charge is -2.22. The van der Waals surface area contributed by atoms with Gasteiger partial charge in [-0.3, -0.25) is 28.8 Å². The number of anilines is 3. The Bertz CT molecular complexity index is 3640. The average Bonchev–Trinajstić information content (AvgIpc) is 1.81. The van der Waals surface area contributed by atoms with Crippen LogP contribution in [0.2, 0.25) is 0 Å². The summed E-state index contributed by atoms with van der Waals surface area (Å²) in [7, 11) is 4.80. The molecule has 0 radical (unpaired) electrons. The molecule has 0 aliphatic carbocycles. The molecule has 476 valence electrons. The maximum atomic E-state index is 14.1. The van der Waals surface area contributed by atoms with Crippen LogP contribution < -0.4 is 46.1 Å². The summed E-state index contributed by atoms with van der Waals surface area (Å²) in [6.07, 6.45) is 7.32. The first kappa shape index (κ1) is 66.6. The van der Waals surface area contributed by atoms with E-state index in [0.717, 1.165) is 83.2 Å². The van der Waals surface area contributed by atoms with Crippen molar-refractivity contribution in [2.75, 3.05) is 73.3 Å². The maximum absolute atomic E-state index is 14.1. The number of fused-ring (bicyclic) bond motifs is 3. The van der Waals surface area contributed by atoms with Crippen molar-refractivity contribution >= 4 is 120 Å². The second-order valence-corrected chi connectivity index (χ2v) is 25.4. The molecule has 0 spiro atoms. The first-order valence-corrected chi connectivity index (χ1v) is 34.2. The number of hydrogen-bond donors (Lipinski definition) is 9. The number of rotatable bonds is 30. The second-order valence-electron chi connectivity index (χ2n) is 22.4. The third-order valence-electron chi connectivity index (χ3n) is 16.3. The van der Waals surface area contributed by atoms with Gasteiger partial charge in [0.25, 0.3) is 0 Å². The Kier molecular flexibility index (Phi) is 22.9. The molecule has 0 fully saturated rings. The van der Waals surface area contributed by atoms with E-state index in [1.807, 2.05) is 167 Å². The van der Waals surface area contributed by atoms with E-state index in [1.54, 1.807) is 56.6 Å². The molecule has 0 saturated heterocycles. The van der Waals surface area contributed by atoms with Crippen LogP contribution in [-0.2, 0) is 48.0 Å². The average molecular weight is 1290 g/mol. The molecule has 0 bridgehead atoms. The van der Waals surface area contributed by atoms with E-state index in [-0.39, 0.29) is 60.6 Å². The van der Waals surface area contributed by atoms with Gasteiger partial charge in [0.15, 0.2) is 0 Å². The van der Waals surface area contributed by atoms with Gasteiger partial charge >= 0.3 is 0 Å². The molecule has 9 rings (SSSR count). The molecule has 6 amide bonds. The summed E-state index contributed by atoms with van der Waals surface area (Å²) >= 11 is 4.76. The summed E-state index contributed by atoms with van der Waals surface area (Å²) in [5, 5.41) is 20.8. The fourth-order valence-corrected chi connectivity index (χ4v) is 12.8. The minimum Gasteiger partial charge on any atom is -0.497 e. The number of benzene rings is 6. The molecule has 0 saturated carbocycles. The number of methoxy groups -OCH3 is 3. The number of aryl methyl sites for hydroxylation is 3. The topological polar surface area (TPSA) is 250 Å². The van der Waals surface area contributed by atoms with Gasteiger partial charge in [0, 0.05) is 72.8 Å². The highest BCUT2D eigenvalue weighted by Crippen LogP contribution is 2.35. The number of aromatic amines is 3. The van der Waals surface area contributed by atoms with Crippen LogP contribution in [0.5, 0.6) is 17.2 Å². The lowest BCUT2D eigenvalue weighted by molar-refractivity contribution is -0.126. The van der Waals surface area contributed by atoms with Crippen LogP contribution in [-0.4, -0.2) is 126 Å². The molecule has 9 N–H and O–H groups in total. The van der Waals surface area contributed by atoms with E-state index in [1.165, 1.54) is 0 Å². The summed E-state index contributed by atoms with van der Waals surface area (Å²) < 4.78 is 16.4. The molecule has 18 nitrogen and oxygen atoms in total. The number of amides is 6. The van der Waals surface area contributed by atoms with E-state index in [9.17, 15) is 28.8 Å². The van der Waals surface area contributed by atoms with Crippen molar-refractivity contribution in [3.8, 4) is 17.2 Å². The first-order chi connectivity index (χ1) is 44.0. The molecule has 9 aromatic rings. The smallest absolute Gasteiger partial charge is 0.246 e. The van der Waals surface area contributed by atoms with Gasteiger partial charge in [-0.25, -0.2) is 0 Å². The van der Waals surface area contributed by atoms with Gasteiger partial charge < -0.3 is 61.1 Å². The number of carbonyl (C=O) groups is 6. The highest BCUT2D eigenvalue weighted by Gasteiger charge is 2.27. The van der Waals surface area contributed by atoms with Crippen LogP contribution in [0.15, 0.2) is 127 Å². The molecular formula is C70H79N9O9S3. The molecule has 0 unspecified atom stereocenters. The van der Waals surface area contributed by atoms with Crippen molar-refractivity contribution in [1.29, 1.82) is 0 Å². The summed E-state index contributed by atoms with van der Waals surface area (Å²) in [5.74, 6) is 1.69. The van der Waals surface area contributed by atoms with Crippen molar-refractivity contribution < 1.29 is 43.0 Å². The summed E-state index contributed by atoms with van der Waals surface area (Å²) in [6.45, 7) is 5.77. The van der Waals surface area contributed by atoms with Crippen molar-refractivity contribution in [2.45, 2.75) is 83.3 Å². The molecular weight excluding hydrogens is 1210 g/mol. The Labute approximate surface area is 543 Å². The molecule has 3 heterocycles. The highest BCUT2D eigenvalue weighted by atomic mass is 32.2. The molecule has 91 heavy (non-hydrogen) atoms. The van der Waals surface area contributed by atoms with Crippen molar-refractivity contribution in [3.05, 3.63) is 178 Å². The number of nitrogens with one attached hydrogen (secondary N) is 9. The lowest BCUT2D eigenvalue weighted by atomic mass is 9.85. The molecule has 0 aliphatic rings. The monoisotopic (exact) mass is 1290 g/mol. The minimum atomic E-state index is -0.807. The van der Waals surface area contributed by atoms with Crippen molar-refractivity contribution in [3.63, 3.8) is 0 Å². The highest BCUT2D eigenvalue weighted by molar-refractivity contribution is 7.99. The quantitative estimate of drug-likeness (QED) is 0.0191. The molecule has 3 aromatic heterocycles. The maximum Gasteiger partial charge on any atom is 0.246 e. The molecule has 21 heteroatoms. The van der Waals surface area contributed by atoms with Gasteiger partial charge in [0.2, 0.25) is 35.4 Å². The van der Waals surface area contributed by atoms with Gasteiger partial charge in [-0.15, -0.1) is 0 Å². The van der Waals surface area contributed by atoms with Crippen molar-refractivity contribution in [2.24, 2.45) is 0 Å². The normalized spacial score (nSPS) is 12.3. The van der Waals surface area contributed by atoms with Crippen LogP contribution >= 0.6 is 35.3 Å². The lowest BCUT2D eigenvalue weighted by Crippen LogP contribution is -2.44. The Balaban J connectivity index is 0.932. The summed E-state index contributed by atoms with van der Waals surface area (Å²) in [6, 6.07) is 37.3. The van der Waals surface area contributed by atoms with E-state index in [2.05, 4.69) is 46.9 Å². The number of aromatic nitrogens is 3. The molecule has 0 aliphatic heterocycles. The zero-order valence-corrected chi connectivity index (χ0v) is 55.1. The van der Waals surface area contributed by atoms with E-state index in [0.29, 0.717) is 70.8 Å². The Morgan fingerprint density at radius 3 is 0.901 bits per heavy atom. The predicted molar refractivity (Wildman–Crippen MR) is 371 cm³/mol. The van der Waals surface area contributed by atoms with E-state index >= 15 is 0 Å². The standard InChI is InChI=1S/C70H79N9O9S3/c1-40-52(55-34-49(86-4)22-25-58(55)71-40)37-64(80)77-61(28-31-89-7)68(83)74-46-16-10-43(11-17-46)67(44-12-18-47(19-13-44)75-69(84)62(29-32-90-8)78-65(81)38-53-41(2)72-59-26-23-50(87-5)35-56(53)59)45-14-20-48(21-15-45)76-70(85)63(30-33-91-9)79-66(82)39-54-42(3)73-60-27-24-51(88-6)36-57(54)60/h10-27,34-36,61-63,67,71-73H,28-33,37-39H2,1-9H3,(H,74,83)(H,75,84)(H,76,85)(H,77,80)(H,78,81)(H,79,82)/t61-,62-,63-/m0/s1. The third-order valence-corrected chi connectivity index (χ3v) is 18.2. The Morgan fingerprint density at radius 1 is 0.396 bits per heavy atom. The zero-order chi connectivity index (χ0) is 64.7. The number of H-pyrrole nitrogens is 3. The van der Waals surface area contributed by atoms with Crippen LogP contribution in [0.4, 0.5) is 17.1 Å². The molecule has 3 atom stereocenters. The minimum absolute atomic E-state index is 0.0696. The van der Waals surface area contributed by atoms with Crippen molar-refractivity contribution in [1.82, 2.24) is 30.9 Å². The van der Waals surface area contributed by atoms with Gasteiger partial charge in [0.1, 0.15) is 35.4 Å². The summed E-state index contributed by atoms with van der Waals surface area (Å²) in [5.41, 5.74) is 12.0. The largest absolute Gasteiger partial charge is 0.497 e. The second kappa shape index (κ2) is 31.3. The fraction of sp³-hybridized carbons (Fsp3) is 0.314. The number of carbonyl (C=O) groups excluding carboxylic acids is 6. The predicted octanol–water partition coefficient (Wildman–Crippen LogP) is 11.5. The van der Waals surface area contributed by atoms with Crippen LogP contribution in [0, 0.1) is 20.8 Å². The number of thioether (sulfide) groups is 3. The Morgan fingerprint density at radius 2 is 0.659 bits per heavy atom. The van der Waals surface area contributed by atoms with E-state index in [4.69, 9.17) is 14.2 Å². The van der Waals surface area contributed by atoms with Gasteiger partial charge in [0.05, 0.1) is 40.6 Å². The third kappa shape index (κ3) is 16.8. The number of ether oxygens (including phenoxy) is 3. The van der Waals surface area contributed by atoms with Crippen LogP contribution in [0.25, 0.3) is 32.7 Å². The van der Waals surface area contributed by atoms with Crippen LogP contribution in [0.3, 0.4) is 0 Å². The van der Waals surface area contributed by atoms with E-state index < -0.39 is 18.1 Å². The number of hydrogen-bond acceptors (Lipinski definition) is 12. The summed E-state index contributed by atoms with van der Waals surface area (Å²) in [4.78, 5) is 93.5.